The Bertz CT molecular complexity index is 446. The Labute approximate surface area is 114 Å². The van der Waals surface area contributed by atoms with Crippen LogP contribution in [0.4, 0.5) is 5.69 Å². The Hall–Kier alpha value is -0.890. The summed E-state index contributed by atoms with van der Waals surface area (Å²) in [4.78, 5) is 11.5. The fourth-order valence-corrected chi connectivity index (χ4v) is 2.05. The number of thioether (sulfide) groups is 1. The molecule has 0 saturated heterocycles. The molecule has 0 radical (unpaired) electrons. The molecule has 1 aromatic carbocycles. The summed E-state index contributed by atoms with van der Waals surface area (Å²) < 4.78 is 0. The molecule has 6 heteroatoms. The number of carbonyl (C=O) groups excluding carboxylic acids is 1. The van der Waals surface area contributed by atoms with Gasteiger partial charge in [0.15, 0.2) is 0 Å². The van der Waals surface area contributed by atoms with Crippen LogP contribution in [0.3, 0.4) is 0 Å². The van der Waals surface area contributed by atoms with Gasteiger partial charge in [0.1, 0.15) is 0 Å². The van der Waals surface area contributed by atoms with E-state index in [1.807, 2.05) is 6.07 Å². The van der Waals surface area contributed by atoms with Crippen LogP contribution in [0, 0.1) is 11.3 Å². The smallest absolute Gasteiger partial charge is 0.234 e. The molecule has 0 aliphatic rings. The predicted octanol–water partition coefficient (Wildman–Crippen LogP) is 3.58. The van der Waals surface area contributed by atoms with Crippen LogP contribution in [0.5, 0.6) is 0 Å². The molecule has 0 saturated carbocycles. The van der Waals surface area contributed by atoms with Crippen LogP contribution in [0.15, 0.2) is 18.2 Å². The second-order valence-corrected chi connectivity index (χ2v) is 5.00. The molecule has 0 unspecified atom stereocenters. The van der Waals surface area contributed by atoms with Crippen molar-refractivity contribution < 1.29 is 4.79 Å². The first-order chi connectivity index (χ1) is 8.15. The summed E-state index contributed by atoms with van der Waals surface area (Å²) in [6.45, 7) is 0. The van der Waals surface area contributed by atoms with Gasteiger partial charge in [-0.15, -0.1) is 0 Å². The third-order valence-electron chi connectivity index (χ3n) is 1.82. The van der Waals surface area contributed by atoms with Gasteiger partial charge in [-0.1, -0.05) is 29.3 Å². The highest BCUT2D eigenvalue weighted by molar-refractivity contribution is 7.99. The number of hydrogen-bond acceptors (Lipinski definition) is 3. The summed E-state index contributed by atoms with van der Waals surface area (Å²) in [5.41, 5.74) is 0.505. The zero-order valence-corrected chi connectivity index (χ0v) is 11.2. The first-order valence-electron chi connectivity index (χ1n) is 4.83. The van der Waals surface area contributed by atoms with E-state index < -0.39 is 0 Å². The van der Waals surface area contributed by atoms with Gasteiger partial charge in [-0.3, -0.25) is 4.79 Å². The van der Waals surface area contributed by atoms with Gasteiger partial charge in [0.25, 0.3) is 0 Å². The van der Waals surface area contributed by atoms with Crippen LogP contribution in [-0.4, -0.2) is 17.4 Å². The Kier molecular flexibility index (Phi) is 6.20. The lowest BCUT2D eigenvalue weighted by atomic mass is 10.3. The van der Waals surface area contributed by atoms with Crippen LogP contribution < -0.4 is 5.32 Å². The predicted molar refractivity (Wildman–Crippen MR) is 72.6 cm³/mol. The van der Waals surface area contributed by atoms with Crippen molar-refractivity contribution >= 4 is 46.6 Å². The SMILES string of the molecule is N#CCCSCC(=O)Nc1cccc(Cl)c1Cl. The molecule has 17 heavy (non-hydrogen) atoms. The largest absolute Gasteiger partial charge is 0.324 e. The Morgan fingerprint density at radius 3 is 2.94 bits per heavy atom. The Morgan fingerprint density at radius 1 is 1.47 bits per heavy atom. The fraction of sp³-hybridized carbons (Fsp3) is 0.273. The molecule has 0 atom stereocenters. The minimum Gasteiger partial charge on any atom is -0.324 e. The highest BCUT2D eigenvalue weighted by atomic mass is 35.5. The number of nitrogens with zero attached hydrogens (tertiary/aromatic N) is 1. The van der Waals surface area contributed by atoms with E-state index in [9.17, 15) is 4.79 Å². The highest BCUT2D eigenvalue weighted by Gasteiger charge is 2.07. The number of rotatable bonds is 5. The second-order valence-electron chi connectivity index (χ2n) is 3.11. The average molecular weight is 289 g/mol. The molecule has 0 spiro atoms. The van der Waals surface area contributed by atoms with Crippen molar-refractivity contribution in [3.63, 3.8) is 0 Å². The number of halogens is 2. The van der Waals surface area contributed by atoms with Crippen molar-refractivity contribution in [2.45, 2.75) is 6.42 Å². The van der Waals surface area contributed by atoms with E-state index in [1.54, 1.807) is 18.2 Å². The highest BCUT2D eigenvalue weighted by Crippen LogP contribution is 2.29. The van der Waals surface area contributed by atoms with Crippen molar-refractivity contribution in [2.24, 2.45) is 0 Å². The minimum atomic E-state index is -0.155. The second kappa shape index (κ2) is 7.44. The number of nitriles is 1. The number of amides is 1. The van der Waals surface area contributed by atoms with Gasteiger partial charge in [-0.25, -0.2) is 0 Å². The molecule has 1 N–H and O–H groups in total. The molecule has 0 aromatic heterocycles. The molecule has 0 aliphatic carbocycles. The summed E-state index contributed by atoms with van der Waals surface area (Å²) in [5, 5.41) is 11.7. The molecule has 0 fully saturated rings. The van der Waals surface area contributed by atoms with Crippen LogP contribution >= 0.6 is 35.0 Å². The summed E-state index contributed by atoms with van der Waals surface area (Å²) in [6, 6.07) is 7.07. The van der Waals surface area contributed by atoms with Crippen LogP contribution in [-0.2, 0) is 4.79 Å². The molecule has 3 nitrogen and oxygen atoms in total. The monoisotopic (exact) mass is 288 g/mol. The maximum absolute atomic E-state index is 11.5. The molecular weight excluding hydrogens is 279 g/mol. The van der Waals surface area contributed by atoms with E-state index in [0.717, 1.165) is 0 Å². The number of benzene rings is 1. The van der Waals surface area contributed by atoms with Gasteiger partial charge in [0.05, 0.1) is 27.6 Å². The quantitative estimate of drug-likeness (QED) is 0.843. The first kappa shape index (κ1) is 14.2. The Morgan fingerprint density at radius 2 is 2.24 bits per heavy atom. The van der Waals surface area contributed by atoms with E-state index in [2.05, 4.69) is 5.32 Å². The maximum atomic E-state index is 11.5. The van der Waals surface area contributed by atoms with Crippen molar-refractivity contribution in [1.29, 1.82) is 5.26 Å². The lowest BCUT2D eigenvalue weighted by Gasteiger charge is -2.07. The zero-order chi connectivity index (χ0) is 12.7. The number of hydrogen-bond donors (Lipinski definition) is 1. The topological polar surface area (TPSA) is 52.9 Å². The van der Waals surface area contributed by atoms with Gasteiger partial charge in [-0.2, -0.15) is 17.0 Å². The van der Waals surface area contributed by atoms with Crippen molar-refractivity contribution in [2.75, 3.05) is 16.8 Å². The van der Waals surface area contributed by atoms with E-state index in [1.165, 1.54) is 11.8 Å². The third kappa shape index (κ3) is 4.86. The number of nitrogens with one attached hydrogen (secondary N) is 1. The maximum Gasteiger partial charge on any atom is 0.234 e. The minimum absolute atomic E-state index is 0.155. The van der Waals surface area contributed by atoms with Gasteiger partial charge in [0, 0.05) is 12.2 Å². The molecule has 0 heterocycles. The number of carbonyl (C=O) groups is 1. The summed E-state index contributed by atoms with van der Waals surface area (Å²) >= 11 is 13.1. The molecule has 0 aliphatic heterocycles. The summed E-state index contributed by atoms with van der Waals surface area (Å²) in [6.07, 6.45) is 0.440. The Balaban J connectivity index is 2.46. The van der Waals surface area contributed by atoms with Gasteiger partial charge >= 0.3 is 0 Å². The van der Waals surface area contributed by atoms with Crippen LogP contribution in [0.25, 0.3) is 0 Å². The molecular formula is C11H10Cl2N2OS. The number of anilines is 1. The van der Waals surface area contributed by atoms with Gasteiger partial charge in [-0.05, 0) is 12.1 Å². The lowest BCUT2D eigenvalue weighted by Crippen LogP contribution is -2.14. The molecule has 1 rings (SSSR count). The molecule has 1 aromatic rings. The van der Waals surface area contributed by atoms with Crippen LogP contribution in [0.1, 0.15) is 6.42 Å². The lowest BCUT2D eigenvalue weighted by molar-refractivity contribution is -0.113. The molecule has 0 bridgehead atoms. The fourth-order valence-electron chi connectivity index (χ4n) is 1.07. The van der Waals surface area contributed by atoms with E-state index in [-0.39, 0.29) is 5.91 Å². The van der Waals surface area contributed by atoms with E-state index in [4.69, 9.17) is 28.5 Å². The first-order valence-corrected chi connectivity index (χ1v) is 6.74. The zero-order valence-electron chi connectivity index (χ0n) is 8.87. The van der Waals surface area contributed by atoms with E-state index in [0.29, 0.717) is 33.7 Å². The van der Waals surface area contributed by atoms with Crippen molar-refractivity contribution in [3.05, 3.63) is 28.2 Å². The van der Waals surface area contributed by atoms with Crippen LogP contribution in [0.2, 0.25) is 10.0 Å². The summed E-state index contributed by atoms with van der Waals surface area (Å²) in [5.74, 6) is 0.787. The summed E-state index contributed by atoms with van der Waals surface area (Å²) in [7, 11) is 0. The average Bonchev–Trinajstić information content (AvgIpc) is 2.31. The normalized spacial score (nSPS) is 9.71. The molecule has 90 valence electrons. The van der Waals surface area contributed by atoms with Gasteiger partial charge < -0.3 is 5.32 Å². The van der Waals surface area contributed by atoms with Crippen molar-refractivity contribution in [1.82, 2.24) is 0 Å². The van der Waals surface area contributed by atoms with E-state index >= 15 is 0 Å². The standard InChI is InChI=1S/C11H10Cl2N2OS/c12-8-3-1-4-9(11(8)13)15-10(16)7-17-6-2-5-14/h1,3-4H,2,6-7H2,(H,15,16). The third-order valence-corrected chi connectivity index (χ3v) is 3.60. The molecule has 1 amide bonds. The van der Waals surface area contributed by atoms with Gasteiger partial charge in [0.2, 0.25) is 5.91 Å². The van der Waals surface area contributed by atoms with Crippen molar-refractivity contribution in [3.8, 4) is 6.07 Å².